The van der Waals surface area contributed by atoms with E-state index in [-0.39, 0.29) is 6.10 Å². The standard InChI is InChI=1S/C15H37NO4Si3/c1-15(17-12-9-11-16)14(18-21(2,3)4)10-13-23(8,19-15)20-22(5,6)7/h14H,9-13,16H2,1-8H3. The van der Waals surface area contributed by atoms with Crippen LogP contribution in [0.2, 0.25) is 51.9 Å². The van der Waals surface area contributed by atoms with Crippen molar-refractivity contribution >= 4 is 25.2 Å². The van der Waals surface area contributed by atoms with Gasteiger partial charge < -0.3 is 23.4 Å². The average molecular weight is 380 g/mol. The zero-order valence-electron chi connectivity index (χ0n) is 16.3. The molecule has 0 radical (unpaired) electrons. The normalized spacial score (nSPS) is 33.0. The summed E-state index contributed by atoms with van der Waals surface area (Å²) in [6, 6.07) is 0.961. The second kappa shape index (κ2) is 7.77. The molecule has 0 spiro atoms. The minimum Gasteiger partial charge on any atom is -0.436 e. The van der Waals surface area contributed by atoms with Crippen LogP contribution in [0.3, 0.4) is 0 Å². The van der Waals surface area contributed by atoms with E-state index >= 15 is 0 Å². The van der Waals surface area contributed by atoms with Crippen LogP contribution in [0.15, 0.2) is 0 Å². The largest absolute Gasteiger partial charge is 0.436 e. The van der Waals surface area contributed by atoms with E-state index in [9.17, 15) is 0 Å². The molecule has 138 valence electrons. The summed E-state index contributed by atoms with van der Waals surface area (Å²) in [7, 11) is -5.58. The van der Waals surface area contributed by atoms with Crippen LogP contribution in [-0.4, -0.2) is 50.2 Å². The fourth-order valence-corrected chi connectivity index (χ4v) is 11.9. The van der Waals surface area contributed by atoms with E-state index in [1.165, 1.54) is 0 Å². The molecular formula is C15H37NO4Si3. The Labute approximate surface area is 145 Å². The van der Waals surface area contributed by atoms with Gasteiger partial charge in [-0.15, -0.1) is 0 Å². The zero-order valence-corrected chi connectivity index (χ0v) is 19.3. The lowest BCUT2D eigenvalue weighted by Crippen LogP contribution is -2.63. The molecular weight excluding hydrogens is 342 g/mol. The first-order valence-electron chi connectivity index (χ1n) is 8.71. The van der Waals surface area contributed by atoms with Crippen molar-refractivity contribution in [1.82, 2.24) is 0 Å². The Kier molecular flexibility index (Phi) is 7.27. The molecule has 1 heterocycles. The van der Waals surface area contributed by atoms with Crippen LogP contribution in [0.25, 0.3) is 0 Å². The lowest BCUT2D eigenvalue weighted by Gasteiger charge is -2.50. The third-order valence-electron chi connectivity index (χ3n) is 3.62. The summed E-state index contributed by atoms with van der Waals surface area (Å²) in [5.41, 5.74) is 5.60. The van der Waals surface area contributed by atoms with Crippen LogP contribution in [0, 0.1) is 0 Å². The minimum absolute atomic E-state index is 0.0299. The van der Waals surface area contributed by atoms with Crippen molar-refractivity contribution in [3.8, 4) is 0 Å². The topological polar surface area (TPSA) is 62.9 Å². The number of rotatable bonds is 8. The van der Waals surface area contributed by atoms with Crippen LogP contribution in [0.1, 0.15) is 19.8 Å². The average Bonchev–Trinajstić information content (AvgIpc) is 2.29. The molecule has 23 heavy (non-hydrogen) atoms. The van der Waals surface area contributed by atoms with Crippen LogP contribution in [-0.2, 0) is 17.7 Å². The van der Waals surface area contributed by atoms with Crippen molar-refractivity contribution < 1.29 is 17.7 Å². The maximum Gasteiger partial charge on any atom is 0.327 e. The van der Waals surface area contributed by atoms with Gasteiger partial charge in [-0.05, 0) is 78.2 Å². The van der Waals surface area contributed by atoms with Crippen LogP contribution < -0.4 is 5.73 Å². The van der Waals surface area contributed by atoms with Crippen molar-refractivity contribution in [3.63, 3.8) is 0 Å². The predicted molar refractivity (Wildman–Crippen MR) is 103 cm³/mol. The van der Waals surface area contributed by atoms with Gasteiger partial charge in [0, 0.05) is 0 Å². The van der Waals surface area contributed by atoms with Gasteiger partial charge in [0.05, 0.1) is 12.7 Å². The second-order valence-corrected chi connectivity index (χ2v) is 21.2. The third-order valence-corrected chi connectivity index (χ3v) is 10.8. The molecule has 1 fully saturated rings. The molecule has 0 aliphatic carbocycles. The SMILES string of the molecule is CC1(OCCCN)O[Si](C)(O[Si](C)(C)C)CCC1O[Si](C)(C)C. The molecule has 0 bridgehead atoms. The maximum absolute atomic E-state index is 6.53. The Morgan fingerprint density at radius 2 is 1.78 bits per heavy atom. The van der Waals surface area contributed by atoms with E-state index in [1.807, 2.05) is 6.92 Å². The highest BCUT2D eigenvalue weighted by Gasteiger charge is 2.52. The molecule has 0 amide bonds. The van der Waals surface area contributed by atoms with Gasteiger partial charge in [0.2, 0.25) is 0 Å². The van der Waals surface area contributed by atoms with Crippen molar-refractivity contribution in [2.45, 2.75) is 83.5 Å². The Bertz CT molecular complexity index is 386. The summed E-state index contributed by atoms with van der Waals surface area (Å²) in [5, 5.41) is 0. The lowest BCUT2D eigenvalue weighted by molar-refractivity contribution is -0.242. The third kappa shape index (κ3) is 7.47. The molecule has 2 N–H and O–H groups in total. The summed E-state index contributed by atoms with van der Waals surface area (Å²) in [6.45, 7) is 18.7. The lowest BCUT2D eigenvalue weighted by atomic mass is 10.1. The van der Waals surface area contributed by atoms with Crippen molar-refractivity contribution in [2.24, 2.45) is 5.73 Å². The molecule has 8 heteroatoms. The van der Waals surface area contributed by atoms with Gasteiger partial charge in [-0.1, -0.05) is 0 Å². The fraction of sp³-hybridized carbons (Fsp3) is 1.00. The highest BCUT2D eigenvalue weighted by Crippen LogP contribution is 2.39. The monoisotopic (exact) mass is 379 g/mol. The molecule has 0 aromatic carbocycles. The van der Waals surface area contributed by atoms with E-state index < -0.39 is 31.0 Å². The molecule has 1 saturated heterocycles. The van der Waals surface area contributed by atoms with Crippen molar-refractivity contribution in [3.05, 3.63) is 0 Å². The van der Waals surface area contributed by atoms with Crippen LogP contribution in [0.5, 0.6) is 0 Å². The first-order valence-corrected chi connectivity index (χ1v) is 18.0. The zero-order chi connectivity index (χ0) is 17.9. The number of hydrogen-bond acceptors (Lipinski definition) is 5. The Balaban J connectivity index is 2.91. The van der Waals surface area contributed by atoms with E-state index in [1.54, 1.807) is 0 Å². The van der Waals surface area contributed by atoms with Gasteiger partial charge in [0.25, 0.3) is 0 Å². The van der Waals surface area contributed by atoms with Crippen LogP contribution >= 0.6 is 0 Å². The van der Waals surface area contributed by atoms with Gasteiger partial charge in [-0.3, -0.25) is 0 Å². The minimum atomic E-state index is -2.24. The first-order chi connectivity index (χ1) is 10.3. The molecule has 3 atom stereocenters. The van der Waals surface area contributed by atoms with E-state index in [2.05, 4.69) is 45.8 Å². The summed E-state index contributed by atoms with van der Waals surface area (Å²) >= 11 is 0. The van der Waals surface area contributed by atoms with Gasteiger partial charge in [-0.2, -0.15) is 0 Å². The quantitative estimate of drug-likeness (QED) is 0.515. The number of hydrogen-bond donors (Lipinski definition) is 1. The smallest absolute Gasteiger partial charge is 0.327 e. The van der Waals surface area contributed by atoms with Gasteiger partial charge in [0.15, 0.2) is 22.4 Å². The predicted octanol–water partition coefficient (Wildman–Crippen LogP) is 3.63. The van der Waals surface area contributed by atoms with E-state index in [0.717, 1.165) is 18.9 Å². The highest BCUT2D eigenvalue weighted by atomic mass is 28.4. The summed E-state index contributed by atoms with van der Waals surface area (Å²) in [5.74, 6) is -0.728. The van der Waals surface area contributed by atoms with Crippen molar-refractivity contribution in [1.29, 1.82) is 0 Å². The number of nitrogens with two attached hydrogens (primary N) is 1. The molecule has 1 aliphatic rings. The van der Waals surface area contributed by atoms with Gasteiger partial charge in [0.1, 0.15) is 0 Å². The molecule has 3 unspecified atom stereocenters. The Morgan fingerprint density at radius 1 is 1.17 bits per heavy atom. The molecule has 0 aromatic rings. The molecule has 1 rings (SSSR count). The summed E-state index contributed by atoms with van der Waals surface area (Å²) < 4.78 is 25.5. The summed E-state index contributed by atoms with van der Waals surface area (Å²) in [4.78, 5) is 0. The van der Waals surface area contributed by atoms with Crippen LogP contribution in [0.4, 0.5) is 0 Å². The fourth-order valence-electron chi connectivity index (χ4n) is 2.99. The first kappa shape index (κ1) is 21.5. The molecule has 5 nitrogen and oxygen atoms in total. The van der Waals surface area contributed by atoms with E-state index in [0.29, 0.717) is 13.2 Å². The van der Waals surface area contributed by atoms with E-state index in [4.69, 9.17) is 23.4 Å². The molecule has 0 aromatic heterocycles. The van der Waals surface area contributed by atoms with Crippen molar-refractivity contribution in [2.75, 3.05) is 13.2 Å². The van der Waals surface area contributed by atoms with Gasteiger partial charge >= 0.3 is 8.56 Å². The maximum atomic E-state index is 6.53. The Hall–Kier alpha value is 0.451. The Morgan fingerprint density at radius 3 is 2.26 bits per heavy atom. The van der Waals surface area contributed by atoms with Gasteiger partial charge in [-0.25, -0.2) is 0 Å². The summed E-state index contributed by atoms with van der Waals surface area (Å²) in [6.07, 6.45) is 1.74. The highest BCUT2D eigenvalue weighted by molar-refractivity contribution is 6.82. The second-order valence-electron chi connectivity index (χ2n) is 8.71. The number of ether oxygens (including phenoxy) is 1. The molecule has 1 aliphatic heterocycles. The molecule has 0 saturated carbocycles.